The molecule has 2 unspecified atom stereocenters. The highest BCUT2D eigenvalue weighted by Crippen LogP contribution is 2.25. The number of carbonyl (C=O) groups excluding carboxylic acids is 1. The molecule has 0 saturated carbocycles. The van der Waals surface area contributed by atoms with E-state index in [-0.39, 0.29) is 11.9 Å². The molecule has 0 N–H and O–H groups in total. The Hall–Kier alpha value is -0.630. The lowest BCUT2D eigenvalue weighted by atomic mass is 10.2. The monoisotopic (exact) mass is 140 g/mol. The fraction of sp³-hybridized carbons (Fsp3) is 0.625. The first-order chi connectivity index (χ1) is 4.74. The van der Waals surface area contributed by atoms with Crippen molar-refractivity contribution >= 4 is 5.78 Å². The minimum Gasteiger partial charge on any atom is -0.365 e. The summed E-state index contributed by atoms with van der Waals surface area (Å²) < 4.78 is 5.18. The second kappa shape index (κ2) is 2.97. The van der Waals surface area contributed by atoms with Gasteiger partial charge < -0.3 is 4.74 Å². The Morgan fingerprint density at radius 2 is 2.40 bits per heavy atom. The van der Waals surface area contributed by atoms with Crippen molar-refractivity contribution < 1.29 is 9.53 Å². The molecule has 0 aromatic rings. The van der Waals surface area contributed by atoms with Crippen LogP contribution in [-0.4, -0.2) is 18.0 Å². The Balaban J connectivity index is 2.23. The average Bonchev–Trinajstić information content (AvgIpc) is 2.61. The fourth-order valence-corrected chi connectivity index (χ4v) is 0.885. The predicted octanol–water partition coefficient (Wildman–Crippen LogP) is 1.31. The Morgan fingerprint density at radius 3 is 2.80 bits per heavy atom. The SMILES string of the molecule is CCC1OC1/C=C/C(C)=O. The van der Waals surface area contributed by atoms with Crippen LogP contribution in [0.25, 0.3) is 0 Å². The highest BCUT2D eigenvalue weighted by Gasteiger charge is 2.34. The molecule has 56 valence electrons. The third-order valence-electron chi connectivity index (χ3n) is 1.54. The van der Waals surface area contributed by atoms with Crippen LogP contribution in [0.1, 0.15) is 20.3 Å². The van der Waals surface area contributed by atoms with Gasteiger partial charge in [0.25, 0.3) is 0 Å². The van der Waals surface area contributed by atoms with Gasteiger partial charge in [0.1, 0.15) is 6.10 Å². The molecule has 0 spiro atoms. The molecule has 1 fully saturated rings. The van der Waals surface area contributed by atoms with Crippen molar-refractivity contribution in [2.75, 3.05) is 0 Å². The summed E-state index contributed by atoms with van der Waals surface area (Å²) in [6.45, 7) is 3.62. The minimum absolute atomic E-state index is 0.0883. The lowest BCUT2D eigenvalue weighted by molar-refractivity contribution is -0.112. The average molecular weight is 140 g/mol. The molecular formula is C8H12O2. The zero-order valence-electron chi connectivity index (χ0n) is 6.33. The van der Waals surface area contributed by atoms with E-state index in [0.29, 0.717) is 6.10 Å². The van der Waals surface area contributed by atoms with Crippen LogP contribution in [0, 0.1) is 0 Å². The number of rotatable bonds is 3. The first-order valence-electron chi connectivity index (χ1n) is 3.58. The highest BCUT2D eigenvalue weighted by molar-refractivity contribution is 5.87. The topological polar surface area (TPSA) is 29.6 Å². The van der Waals surface area contributed by atoms with E-state index >= 15 is 0 Å². The van der Waals surface area contributed by atoms with E-state index in [0.717, 1.165) is 6.42 Å². The van der Waals surface area contributed by atoms with Crippen molar-refractivity contribution in [3.05, 3.63) is 12.2 Å². The molecule has 2 heteroatoms. The first-order valence-corrected chi connectivity index (χ1v) is 3.58. The van der Waals surface area contributed by atoms with Crippen LogP contribution in [0.2, 0.25) is 0 Å². The number of ether oxygens (including phenoxy) is 1. The van der Waals surface area contributed by atoms with Crippen LogP contribution < -0.4 is 0 Å². The van der Waals surface area contributed by atoms with E-state index in [2.05, 4.69) is 6.92 Å². The number of carbonyl (C=O) groups is 1. The van der Waals surface area contributed by atoms with Gasteiger partial charge in [-0.1, -0.05) is 6.92 Å². The number of ketones is 1. The summed E-state index contributed by atoms with van der Waals surface area (Å²) >= 11 is 0. The molecule has 1 heterocycles. The molecule has 1 aliphatic heterocycles. The Morgan fingerprint density at radius 1 is 1.70 bits per heavy atom. The summed E-state index contributed by atoms with van der Waals surface area (Å²) in [7, 11) is 0. The molecule has 2 nitrogen and oxygen atoms in total. The molecule has 0 bridgehead atoms. The summed E-state index contributed by atoms with van der Waals surface area (Å²) in [6, 6.07) is 0. The van der Waals surface area contributed by atoms with Gasteiger partial charge in [0, 0.05) is 0 Å². The molecule has 0 aliphatic carbocycles. The largest absolute Gasteiger partial charge is 0.365 e. The van der Waals surface area contributed by atoms with Gasteiger partial charge in [-0.3, -0.25) is 4.79 Å². The van der Waals surface area contributed by atoms with Gasteiger partial charge in [-0.2, -0.15) is 0 Å². The maximum absolute atomic E-state index is 10.4. The molecule has 0 amide bonds. The smallest absolute Gasteiger partial charge is 0.152 e. The zero-order valence-corrected chi connectivity index (χ0v) is 6.33. The summed E-state index contributed by atoms with van der Waals surface area (Å²) in [4.78, 5) is 10.4. The van der Waals surface area contributed by atoms with E-state index in [1.54, 1.807) is 13.0 Å². The quantitative estimate of drug-likeness (QED) is 0.437. The lowest BCUT2D eigenvalue weighted by Gasteiger charge is -1.78. The Bertz CT molecular complexity index is 161. The minimum atomic E-state index is 0.0883. The van der Waals surface area contributed by atoms with Crippen molar-refractivity contribution in [1.29, 1.82) is 0 Å². The summed E-state index contributed by atoms with van der Waals surface area (Å²) in [5, 5.41) is 0. The Labute approximate surface area is 60.9 Å². The molecule has 2 atom stereocenters. The second-order valence-electron chi connectivity index (χ2n) is 2.52. The molecule has 1 saturated heterocycles. The van der Waals surface area contributed by atoms with Crippen molar-refractivity contribution in [1.82, 2.24) is 0 Å². The predicted molar refractivity (Wildman–Crippen MR) is 38.8 cm³/mol. The van der Waals surface area contributed by atoms with Crippen LogP contribution in [-0.2, 0) is 9.53 Å². The fourth-order valence-electron chi connectivity index (χ4n) is 0.885. The van der Waals surface area contributed by atoms with E-state index < -0.39 is 0 Å². The van der Waals surface area contributed by atoms with Crippen molar-refractivity contribution in [2.24, 2.45) is 0 Å². The van der Waals surface area contributed by atoms with Gasteiger partial charge in [-0.05, 0) is 25.5 Å². The number of epoxide rings is 1. The number of hydrogen-bond acceptors (Lipinski definition) is 2. The van der Waals surface area contributed by atoms with Crippen LogP contribution >= 0.6 is 0 Å². The normalized spacial score (nSPS) is 31.0. The van der Waals surface area contributed by atoms with Crippen LogP contribution in [0.4, 0.5) is 0 Å². The van der Waals surface area contributed by atoms with Crippen molar-refractivity contribution in [3.63, 3.8) is 0 Å². The van der Waals surface area contributed by atoms with Crippen LogP contribution in [0.5, 0.6) is 0 Å². The van der Waals surface area contributed by atoms with Crippen molar-refractivity contribution in [2.45, 2.75) is 32.5 Å². The third kappa shape index (κ3) is 1.95. The van der Waals surface area contributed by atoms with E-state index in [1.807, 2.05) is 6.08 Å². The molecule has 1 rings (SSSR count). The molecular weight excluding hydrogens is 128 g/mol. The highest BCUT2D eigenvalue weighted by atomic mass is 16.6. The number of hydrogen-bond donors (Lipinski definition) is 0. The van der Waals surface area contributed by atoms with Gasteiger partial charge in [-0.15, -0.1) is 0 Å². The van der Waals surface area contributed by atoms with E-state index in [4.69, 9.17) is 4.74 Å². The summed E-state index contributed by atoms with van der Waals surface area (Å²) in [6.07, 6.45) is 5.02. The molecule has 0 radical (unpaired) electrons. The standard InChI is InChI=1S/C8H12O2/c1-3-7-8(10-7)5-4-6(2)9/h4-5,7-8H,3H2,1-2H3/b5-4+. The Kier molecular flexibility index (Phi) is 2.22. The van der Waals surface area contributed by atoms with Gasteiger partial charge in [0.2, 0.25) is 0 Å². The molecule has 1 aliphatic rings. The van der Waals surface area contributed by atoms with Gasteiger partial charge in [-0.25, -0.2) is 0 Å². The van der Waals surface area contributed by atoms with E-state index in [9.17, 15) is 4.79 Å². The second-order valence-corrected chi connectivity index (χ2v) is 2.52. The number of allylic oxidation sites excluding steroid dienone is 1. The third-order valence-corrected chi connectivity index (χ3v) is 1.54. The van der Waals surface area contributed by atoms with E-state index in [1.165, 1.54) is 0 Å². The first kappa shape index (κ1) is 7.48. The van der Waals surface area contributed by atoms with Crippen LogP contribution in [0.15, 0.2) is 12.2 Å². The lowest BCUT2D eigenvalue weighted by Crippen LogP contribution is -1.88. The maximum atomic E-state index is 10.4. The van der Waals surface area contributed by atoms with Gasteiger partial charge in [0.05, 0.1) is 6.10 Å². The molecule has 0 aromatic heterocycles. The van der Waals surface area contributed by atoms with Gasteiger partial charge in [0.15, 0.2) is 5.78 Å². The summed E-state index contributed by atoms with van der Waals surface area (Å²) in [5.74, 6) is 0.0883. The molecule has 10 heavy (non-hydrogen) atoms. The van der Waals surface area contributed by atoms with Crippen LogP contribution in [0.3, 0.4) is 0 Å². The van der Waals surface area contributed by atoms with Crippen molar-refractivity contribution in [3.8, 4) is 0 Å². The van der Waals surface area contributed by atoms with Gasteiger partial charge >= 0.3 is 0 Å². The summed E-state index contributed by atoms with van der Waals surface area (Å²) in [5.41, 5.74) is 0. The maximum Gasteiger partial charge on any atom is 0.152 e. The molecule has 0 aromatic carbocycles. The zero-order chi connectivity index (χ0) is 7.56.